The van der Waals surface area contributed by atoms with Crippen molar-refractivity contribution in [1.29, 1.82) is 0 Å². The molecular formula is C16H20N2O. The first-order valence-corrected chi connectivity index (χ1v) is 6.81. The number of hydrogen-bond donors (Lipinski definition) is 1. The third-order valence-corrected chi connectivity index (χ3v) is 3.60. The van der Waals surface area contributed by atoms with Crippen LogP contribution in [-0.4, -0.2) is 18.5 Å². The summed E-state index contributed by atoms with van der Waals surface area (Å²) in [6, 6.07) is 10.7. The van der Waals surface area contributed by atoms with Gasteiger partial charge in [0.25, 0.3) is 0 Å². The lowest BCUT2D eigenvalue weighted by atomic mass is 10.1. The summed E-state index contributed by atoms with van der Waals surface area (Å²) in [5, 5.41) is 3.49. The number of benzene rings is 1. The number of furan rings is 1. The second kappa shape index (κ2) is 5.10. The molecule has 1 aliphatic heterocycles. The predicted molar refractivity (Wildman–Crippen MR) is 77.3 cm³/mol. The van der Waals surface area contributed by atoms with Gasteiger partial charge in [-0.3, -0.25) is 4.90 Å². The molecule has 1 aromatic heterocycles. The molecule has 3 rings (SSSR count). The maximum atomic E-state index is 5.63. The molecule has 3 nitrogen and oxygen atoms in total. The lowest BCUT2D eigenvalue weighted by molar-refractivity contribution is 0.285. The minimum Gasteiger partial charge on any atom is -0.465 e. The maximum Gasteiger partial charge on any atom is 0.118 e. The van der Waals surface area contributed by atoms with E-state index in [4.69, 9.17) is 4.42 Å². The molecule has 0 amide bonds. The van der Waals surface area contributed by atoms with Crippen molar-refractivity contribution < 1.29 is 4.42 Å². The summed E-state index contributed by atoms with van der Waals surface area (Å²) < 4.78 is 5.63. The molecule has 0 aliphatic carbocycles. The highest BCUT2D eigenvalue weighted by Crippen LogP contribution is 2.27. The number of rotatable bonds is 4. The third kappa shape index (κ3) is 2.66. The summed E-state index contributed by atoms with van der Waals surface area (Å²) in [5.74, 6) is 2.01. The fourth-order valence-electron chi connectivity index (χ4n) is 2.73. The molecule has 19 heavy (non-hydrogen) atoms. The Hall–Kier alpha value is -1.74. The smallest absolute Gasteiger partial charge is 0.118 e. The van der Waals surface area contributed by atoms with Gasteiger partial charge >= 0.3 is 0 Å². The van der Waals surface area contributed by atoms with Gasteiger partial charge in [0, 0.05) is 18.8 Å². The summed E-state index contributed by atoms with van der Waals surface area (Å²) in [6.45, 7) is 4.83. The number of fused-ring (bicyclic) bond motifs is 1. The van der Waals surface area contributed by atoms with Crippen LogP contribution >= 0.6 is 0 Å². The number of para-hydroxylation sites is 1. The number of anilines is 1. The molecule has 1 aromatic carbocycles. The van der Waals surface area contributed by atoms with Crippen LogP contribution in [0.25, 0.3) is 0 Å². The van der Waals surface area contributed by atoms with E-state index in [0.717, 1.165) is 37.6 Å². The van der Waals surface area contributed by atoms with Gasteiger partial charge in [0.1, 0.15) is 11.5 Å². The Morgan fingerprint density at radius 1 is 1.21 bits per heavy atom. The SMILES string of the molecule is Cc1ccc(CN(C)Cc2cccc3c2NCC3)o1. The van der Waals surface area contributed by atoms with Crippen LogP contribution in [0, 0.1) is 6.92 Å². The van der Waals surface area contributed by atoms with Crippen molar-refractivity contribution in [1.82, 2.24) is 4.90 Å². The zero-order valence-corrected chi connectivity index (χ0v) is 11.6. The Morgan fingerprint density at radius 3 is 2.89 bits per heavy atom. The van der Waals surface area contributed by atoms with E-state index in [0.29, 0.717) is 0 Å². The first-order chi connectivity index (χ1) is 9.22. The lowest BCUT2D eigenvalue weighted by Gasteiger charge is -2.17. The van der Waals surface area contributed by atoms with Gasteiger partial charge in [0.15, 0.2) is 0 Å². The highest BCUT2D eigenvalue weighted by molar-refractivity contribution is 5.61. The molecule has 0 bridgehead atoms. The summed E-state index contributed by atoms with van der Waals surface area (Å²) >= 11 is 0. The van der Waals surface area contributed by atoms with Gasteiger partial charge in [-0.1, -0.05) is 18.2 Å². The standard InChI is InChI=1S/C16H20N2O/c1-12-6-7-15(19-12)11-18(2)10-14-5-3-4-13-8-9-17-16(13)14/h3-7,17H,8-11H2,1-2H3. The highest BCUT2D eigenvalue weighted by atomic mass is 16.3. The van der Waals surface area contributed by atoms with Crippen molar-refractivity contribution in [2.45, 2.75) is 26.4 Å². The zero-order chi connectivity index (χ0) is 13.2. The van der Waals surface area contributed by atoms with Crippen molar-refractivity contribution >= 4 is 5.69 Å². The van der Waals surface area contributed by atoms with E-state index < -0.39 is 0 Å². The number of hydrogen-bond acceptors (Lipinski definition) is 3. The summed E-state index contributed by atoms with van der Waals surface area (Å²) in [5.41, 5.74) is 4.16. The molecule has 0 radical (unpaired) electrons. The van der Waals surface area contributed by atoms with Gasteiger partial charge < -0.3 is 9.73 Å². The maximum absolute atomic E-state index is 5.63. The second-order valence-corrected chi connectivity index (χ2v) is 5.31. The molecule has 0 fully saturated rings. The second-order valence-electron chi connectivity index (χ2n) is 5.31. The molecule has 2 heterocycles. The van der Waals surface area contributed by atoms with Crippen LogP contribution in [-0.2, 0) is 19.5 Å². The summed E-state index contributed by atoms with van der Waals surface area (Å²) in [6.07, 6.45) is 1.14. The van der Waals surface area contributed by atoms with Crippen LogP contribution in [0.2, 0.25) is 0 Å². The highest BCUT2D eigenvalue weighted by Gasteiger charge is 2.15. The monoisotopic (exact) mass is 256 g/mol. The topological polar surface area (TPSA) is 28.4 Å². The largest absolute Gasteiger partial charge is 0.465 e. The molecule has 0 unspecified atom stereocenters. The molecule has 1 aliphatic rings. The van der Waals surface area contributed by atoms with Gasteiger partial charge in [-0.25, -0.2) is 0 Å². The van der Waals surface area contributed by atoms with E-state index in [2.05, 4.69) is 41.5 Å². The Morgan fingerprint density at radius 2 is 2.11 bits per heavy atom. The summed E-state index contributed by atoms with van der Waals surface area (Å²) in [7, 11) is 2.13. The molecule has 0 spiro atoms. The van der Waals surface area contributed by atoms with Gasteiger partial charge in [-0.2, -0.15) is 0 Å². The average Bonchev–Trinajstić information content (AvgIpc) is 2.98. The fourth-order valence-corrected chi connectivity index (χ4v) is 2.73. The molecular weight excluding hydrogens is 236 g/mol. The quantitative estimate of drug-likeness (QED) is 0.910. The predicted octanol–water partition coefficient (Wildman–Crippen LogP) is 3.19. The van der Waals surface area contributed by atoms with Crippen LogP contribution in [0.5, 0.6) is 0 Å². The van der Waals surface area contributed by atoms with Crippen molar-refractivity contribution in [3.63, 3.8) is 0 Å². The number of nitrogens with one attached hydrogen (secondary N) is 1. The van der Waals surface area contributed by atoms with E-state index in [1.807, 2.05) is 13.0 Å². The van der Waals surface area contributed by atoms with Gasteiger partial charge in [-0.15, -0.1) is 0 Å². The molecule has 1 N–H and O–H groups in total. The van der Waals surface area contributed by atoms with Crippen LogP contribution in [0.15, 0.2) is 34.7 Å². The van der Waals surface area contributed by atoms with Gasteiger partial charge in [-0.05, 0) is 43.7 Å². The molecule has 100 valence electrons. The van der Waals surface area contributed by atoms with Gasteiger partial charge in [0.2, 0.25) is 0 Å². The Balaban J connectivity index is 1.70. The number of aryl methyl sites for hydroxylation is 1. The third-order valence-electron chi connectivity index (χ3n) is 3.60. The van der Waals surface area contributed by atoms with Crippen molar-refractivity contribution in [2.75, 3.05) is 18.9 Å². The van der Waals surface area contributed by atoms with E-state index in [9.17, 15) is 0 Å². The van der Waals surface area contributed by atoms with Crippen molar-refractivity contribution in [3.05, 3.63) is 53.0 Å². The van der Waals surface area contributed by atoms with E-state index in [1.165, 1.54) is 16.8 Å². The van der Waals surface area contributed by atoms with E-state index in [-0.39, 0.29) is 0 Å². The van der Waals surface area contributed by atoms with E-state index >= 15 is 0 Å². The van der Waals surface area contributed by atoms with E-state index in [1.54, 1.807) is 0 Å². The minimum absolute atomic E-state index is 0.845. The molecule has 0 atom stereocenters. The zero-order valence-electron chi connectivity index (χ0n) is 11.6. The Bertz CT molecular complexity index is 574. The summed E-state index contributed by atoms with van der Waals surface area (Å²) in [4.78, 5) is 2.29. The minimum atomic E-state index is 0.845. The molecule has 0 saturated heterocycles. The molecule has 2 aromatic rings. The van der Waals surface area contributed by atoms with Crippen molar-refractivity contribution in [3.8, 4) is 0 Å². The van der Waals surface area contributed by atoms with Crippen LogP contribution in [0.3, 0.4) is 0 Å². The lowest BCUT2D eigenvalue weighted by Crippen LogP contribution is -2.17. The first-order valence-electron chi connectivity index (χ1n) is 6.81. The Labute approximate surface area is 114 Å². The van der Waals surface area contributed by atoms with Gasteiger partial charge in [0.05, 0.1) is 6.54 Å². The normalized spacial score (nSPS) is 13.6. The molecule has 0 saturated carbocycles. The Kier molecular flexibility index (Phi) is 3.30. The number of nitrogens with zero attached hydrogens (tertiary/aromatic N) is 1. The van der Waals surface area contributed by atoms with Crippen molar-refractivity contribution in [2.24, 2.45) is 0 Å². The van der Waals surface area contributed by atoms with Crippen LogP contribution in [0.4, 0.5) is 5.69 Å². The first kappa shape index (κ1) is 12.3. The van der Waals surface area contributed by atoms with Crippen LogP contribution < -0.4 is 5.32 Å². The van der Waals surface area contributed by atoms with Crippen LogP contribution in [0.1, 0.15) is 22.6 Å². The molecule has 3 heteroatoms. The fraction of sp³-hybridized carbons (Fsp3) is 0.375. The average molecular weight is 256 g/mol.